The maximum absolute atomic E-state index is 10.9. The van der Waals surface area contributed by atoms with Gasteiger partial charge in [-0.25, -0.2) is 9.59 Å². The van der Waals surface area contributed by atoms with Crippen molar-refractivity contribution < 1.29 is 14.3 Å². The fraction of sp³-hybridized carbons (Fsp3) is 0.143. The summed E-state index contributed by atoms with van der Waals surface area (Å²) in [6.07, 6.45) is 0. The molecule has 1 aliphatic rings. The number of esters is 2. The van der Waals surface area contributed by atoms with Gasteiger partial charge in [-0.2, -0.15) is 0 Å². The molecule has 4 heteroatoms. The van der Waals surface area contributed by atoms with Crippen LogP contribution in [0.3, 0.4) is 0 Å². The van der Waals surface area contributed by atoms with Crippen LogP contribution in [0.5, 0.6) is 0 Å². The molecule has 0 saturated heterocycles. The van der Waals surface area contributed by atoms with Gasteiger partial charge in [0.1, 0.15) is 4.88 Å². The normalized spacial score (nSPS) is 15.0. The van der Waals surface area contributed by atoms with Crippen LogP contribution in [0.15, 0.2) is 5.38 Å². The first-order valence-corrected chi connectivity index (χ1v) is 3.92. The van der Waals surface area contributed by atoms with Crippen molar-refractivity contribution in [3.63, 3.8) is 0 Å². The van der Waals surface area contributed by atoms with Crippen LogP contribution < -0.4 is 0 Å². The Kier molecular flexibility index (Phi) is 1.14. The SMILES string of the molecule is Cc1csc2c1C(=O)OC2=O. The van der Waals surface area contributed by atoms with E-state index in [4.69, 9.17) is 0 Å². The number of aryl methyl sites for hydroxylation is 1. The van der Waals surface area contributed by atoms with E-state index in [0.717, 1.165) is 5.56 Å². The maximum atomic E-state index is 10.9. The fourth-order valence-electron chi connectivity index (χ4n) is 1.03. The summed E-state index contributed by atoms with van der Waals surface area (Å²) in [6.45, 7) is 1.79. The van der Waals surface area contributed by atoms with Crippen LogP contribution in [0.1, 0.15) is 25.6 Å². The van der Waals surface area contributed by atoms with E-state index in [1.165, 1.54) is 11.3 Å². The second-order valence-corrected chi connectivity index (χ2v) is 3.18. The van der Waals surface area contributed by atoms with E-state index in [-0.39, 0.29) is 0 Å². The third-order valence-electron chi connectivity index (χ3n) is 1.55. The zero-order valence-corrected chi connectivity index (χ0v) is 6.53. The Morgan fingerprint density at radius 3 is 2.73 bits per heavy atom. The summed E-state index contributed by atoms with van der Waals surface area (Å²) >= 11 is 1.26. The summed E-state index contributed by atoms with van der Waals surface area (Å²) in [5, 5.41) is 1.78. The third kappa shape index (κ3) is 0.728. The van der Waals surface area contributed by atoms with E-state index in [1.54, 1.807) is 12.3 Å². The zero-order chi connectivity index (χ0) is 8.01. The summed E-state index contributed by atoms with van der Waals surface area (Å²) < 4.78 is 4.39. The van der Waals surface area contributed by atoms with Gasteiger partial charge < -0.3 is 4.74 Å². The minimum Gasteiger partial charge on any atom is -0.385 e. The number of cyclic esters (lactones) is 2. The van der Waals surface area contributed by atoms with Crippen molar-refractivity contribution in [1.82, 2.24) is 0 Å². The second-order valence-electron chi connectivity index (χ2n) is 2.30. The molecule has 1 aromatic rings. The minimum absolute atomic E-state index is 0.438. The molecule has 0 saturated carbocycles. The first-order valence-electron chi connectivity index (χ1n) is 3.04. The van der Waals surface area contributed by atoms with Crippen molar-refractivity contribution >= 4 is 23.3 Å². The highest BCUT2D eigenvalue weighted by Crippen LogP contribution is 2.28. The van der Waals surface area contributed by atoms with Crippen LogP contribution in [0, 0.1) is 6.92 Å². The Labute approximate surface area is 66.6 Å². The maximum Gasteiger partial charge on any atom is 0.357 e. The molecule has 0 unspecified atom stereocenters. The van der Waals surface area contributed by atoms with Crippen LogP contribution in [-0.4, -0.2) is 11.9 Å². The molecule has 0 fully saturated rings. The van der Waals surface area contributed by atoms with E-state index in [0.29, 0.717) is 10.4 Å². The van der Waals surface area contributed by atoms with Gasteiger partial charge in [-0.05, 0) is 17.9 Å². The van der Waals surface area contributed by atoms with Crippen LogP contribution >= 0.6 is 11.3 Å². The molecule has 0 amide bonds. The quantitative estimate of drug-likeness (QED) is 0.434. The molecule has 2 rings (SSSR count). The van der Waals surface area contributed by atoms with Crippen molar-refractivity contribution in [3.05, 3.63) is 21.4 Å². The predicted octanol–water partition coefficient (Wildman–Crippen LogP) is 1.37. The summed E-state index contributed by atoms with van der Waals surface area (Å²) in [6, 6.07) is 0. The summed E-state index contributed by atoms with van der Waals surface area (Å²) in [4.78, 5) is 22.2. The van der Waals surface area contributed by atoms with Gasteiger partial charge in [0.15, 0.2) is 0 Å². The number of fused-ring (bicyclic) bond motifs is 1. The molecule has 0 atom stereocenters. The van der Waals surface area contributed by atoms with E-state index < -0.39 is 11.9 Å². The van der Waals surface area contributed by atoms with Gasteiger partial charge in [0, 0.05) is 0 Å². The molecule has 2 heterocycles. The number of hydrogen-bond acceptors (Lipinski definition) is 4. The Bertz CT molecular complexity index is 351. The monoisotopic (exact) mass is 168 g/mol. The van der Waals surface area contributed by atoms with Crippen LogP contribution in [0.25, 0.3) is 0 Å². The average Bonchev–Trinajstić information content (AvgIpc) is 2.41. The summed E-state index contributed by atoms with van der Waals surface area (Å²) in [5.41, 5.74) is 1.26. The van der Waals surface area contributed by atoms with Crippen molar-refractivity contribution in [2.45, 2.75) is 6.92 Å². The first-order chi connectivity index (χ1) is 5.20. The van der Waals surface area contributed by atoms with E-state index in [1.807, 2.05) is 0 Å². The summed E-state index contributed by atoms with van der Waals surface area (Å²) in [5.74, 6) is -1.02. The molecule has 0 N–H and O–H groups in total. The van der Waals surface area contributed by atoms with Gasteiger partial charge >= 0.3 is 11.9 Å². The molecule has 0 aromatic carbocycles. The van der Waals surface area contributed by atoms with Crippen LogP contribution in [0.2, 0.25) is 0 Å². The highest BCUT2D eigenvalue weighted by molar-refractivity contribution is 7.12. The Morgan fingerprint density at radius 1 is 1.36 bits per heavy atom. The number of hydrogen-bond donors (Lipinski definition) is 0. The number of carbonyl (C=O) groups excluding carboxylic acids is 2. The molecule has 11 heavy (non-hydrogen) atoms. The standard InChI is InChI=1S/C7H4O3S/c1-3-2-11-5-4(3)6(8)10-7(5)9/h2H,1H3. The van der Waals surface area contributed by atoms with Gasteiger partial charge in [0.2, 0.25) is 0 Å². The zero-order valence-electron chi connectivity index (χ0n) is 5.71. The predicted molar refractivity (Wildman–Crippen MR) is 38.8 cm³/mol. The number of rotatable bonds is 0. The van der Waals surface area contributed by atoms with Gasteiger partial charge in [-0.1, -0.05) is 0 Å². The molecule has 0 aliphatic carbocycles. The van der Waals surface area contributed by atoms with Gasteiger partial charge in [0.05, 0.1) is 5.56 Å². The molecule has 0 spiro atoms. The van der Waals surface area contributed by atoms with Crippen LogP contribution in [-0.2, 0) is 4.74 Å². The van der Waals surface area contributed by atoms with E-state index in [2.05, 4.69) is 4.74 Å². The third-order valence-corrected chi connectivity index (χ3v) is 2.63. The lowest BCUT2D eigenvalue weighted by atomic mass is 10.2. The minimum atomic E-state index is -0.511. The highest BCUT2D eigenvalue weighted by Gasteiger charge is 2.32. The van der Waals surface area contributed by atoms with Crippen molar-refractivity contribution in [2.75, 3.05) is 0 Å². The van der Waals surface area contributed by atoms with Crippen molar-refractivity contribution in [2.24, 2.45) is 0 Å². The van der Waals surface area contributed by atoms with Crippen molar-refractivity contribution in [1.29, 1.82) is 0 Å². The summed E-state index contributed by atoms with van der Waals surface area (Å²) in [7, 11) is 0. The lowest BCUT2D eigenvalue weighted by Gasteiger charge is -1.86. The lowest BCUT2D eigenvalue weighted by molar-refractivity contribution is 0.0445. The Hall–Kier alpha value is -1.16. The van der Waals surface area contributed by atoms with E-state index >= 15 is 0 Å². The topological polar surface area (TPSA) is 43.4 Å². The molecule has 0 radical (unpaired) electrons. The van der Waals surface area contributed by atoms with Gasteiger partial charge in [0.25, 0.3) is 0 Å². The smallest absolute Gasteiger partial charge is 0.357 e. The largest absolute Gasteiger partial charge is 0.385 e. The van der Waals surface area contributed by atoms with Crippen LogP contribution in [0.4, 0.5) is 0 Å². The van der Waals surface area contributed by atoms with Crippen molar-refractivity contribution in [3.8, 4) is 0 Å². The molecular weight excluding hydrogens is 164 g/mol. The second kappa shape index (κ2) is 1.92. The molecular formula is C7H4O3S. The Morgan fingerprint density at radius 2 is 2.09 bits per heavy atom. The molecule has 56 valence electrons. The molecule has 3 nitrogen and oxygen atoms in total. The van der Waals surface area contributed by atoms with E-state index in [9.17, 15) is 9.59 Å². The molecule has 0 bridgehead atoms. The van der Waals surface area contributed by atoms with Gasteiger partial charge in [-0.3, -0.25) is 0 Å². The number of ether oxygens (including phenoxy) is 1. The number of carbonyl (C=O) groups is 2. The highest BCUT2D eigenvalue weighted by atomic mass is 32.1. The average molecular weight is 168 g/mol. The Balaban J connectivity index is 2.72. The first kappa shape index (κ1) is 6.54. The lowest BCUT2D eigenvalue weighted by Crippen LogP contribution is -1.98. The van der Waals surface area contributed by atoms with Gasteiger partial charge in [-0.15, -0.1) is 11.3 Å². The molecule has 1 aliphatic heterocycles. The fourth-order valence-corrected chi connectivity index (χ4v) is 1.94. The molecule has 1 aromatic heterocycles. The number of thiophene rings is 1.